The molecule has 0 unspecified atom stereocenters. The maximum Gasteiger partial charge on any atom is 0.112 e. The summed E-state index contributed by atoms with van der Waals surface area (Å²) in [7, 11) is 0. The van der Waals surface area contributed by atoms with E-state index in [4.69, 9.17) is 5.21 Å². The molecule has 0 atom stereocenters. The van der Waals surface area contributed by atoms with Gasteiger partial charge in [0.15, 0.2) is 0 Å². The summed E-state index contributed by atoms with van der Waals surface area (Å²) in [6, 6.07) is 7.97. The number of aliphatic hydroxyl groups is 1. The standard InChI is InChI=1S/C23H39NO2/c1-2-3-4-5-6-7-8-9-10-11-12-13-14-16-21-17-15-18-22(19-21)23(20-25)24-26/h15,17-19,25-26H,2-14,16,20H2,1H3. The van der Waals surface area contributed by atoms with Gasteiger partial charge in [-0.25, -0.2) is 0 Å². The van der Waals surface area contributed by atoms with E-state index in [0.29, 0.717) is 5.71 Å². The van der Waals surface area contributed by atoms with Gasteiger partial charge in [-0.15, -0.1) is 0 Å². The summed E-state index contributed by atoms with van der Waals surface area (Å²) in [5.41, 5.74) is 2.39. The highest BCUT2D eigenvalue weighted by Crippen LogP contribution is 2.14. The number of hydrogen-bond donors (Lipinski definition) is 2. The highest BCUT2D eigenvalue weighted by atomic mass is 16.4. The number of aryl methyl sites for hydroxylation is 1. The van der Waals surface area contributed by atoms with Crippen molar-refractivity contribution in [3.8, 4) is 0 Å². The van der Waals surface area contributed by atoms with Crippen molar-refractivity contribution in [2.24, 2.45) is 5.16 Å². The van der Waals surface area contributed by atoms with Crippen molar-refractivity contribution in [3.63, 3.8) is 0 Å². The molecule has 0 bridgehead atoms. The van der Waals surface area contributed by atoms with Crippen LogP contribution in [0.3, 0.4) is 0 Å². The van der Waals surface area contributed by atoms with Crippen molar-refractivity contribution in [2.75, 3.05) is 6.61 Å². The van der Waals surface area contributed by atoms with Crippen LogP contribution in [0.2, 0.25) is 0 Å². The lowest BCUT2D eigenvalue weighted by Crippen LogP contribution is -2.06. The zero-order chi connectivity index (χ0) is 18.9. The van der Waals surface area contributed by atoms with Crippen molar-refractivity contribution < 1.29 is 10.3 Å². The van der Waals surface area contributed by atoms with Gasteiger partial charge in [-0.2, -0.15) is 0 Å². The molecule has 0 aliphatic heterocycles. The second-order valence-electron chi connectivity index (χ2n) is 7.40. The predicted molar refractivity (Wildman–Crippen MR) is 111 cm³/mol. The van der Waals surface area contributed by atoms with Gasteiger partial charge < -0.3 is 10.3 Å². The van der Waals surface area contributed by atoms with Crippen molar-refractivity contribution in [1.29, 1.82) is 0 Å². The van der Waals surface area contributed by atoms with E-state index in [0.717, 1.165) is 12.0 Å². The first kappa shape index (κ1) is 22.7. The van der Waals surface area contributed by atoms with Crippen LogP contribution in [0, 0.1) is 0 Å². The van der Waals surface area contributed by atoms with Crippen LogP contribution in [0.1, 0.15) is 102 Å². The molecule has 26 heavy (non-hydrogen) atoms. The van der Waals surface area contributed by atoms with Crippen LogP contribution in [-0.2, 0) is 6.42 Å². The second-order valence-corrected chi connectivity index (χ2v) is 7.40. The predicted octanol–water partition coefficient (Wildman–Crippen LogP) is 6.49. The number of hydrogen-bond acceptors (Lipinski definition) is 3. The van der Waals surface area contributed by atoms with E-state index >= 15 is 0 Å². The van der Waals surface area contributed by atoms with E-state index in [1.165, 1.54) is 89.0 Å². The van der Waals surface area contributed by atoms with Gasteiger partial charge in [0.25, 0.3) is 0 Å². The third kappa shape index (κ3) is 10.6. The van der Waals surface area contributed by atoms with Crippen molar-refractivity contribution >= 4 is 5.71 Å². The lowest BCUT2D eigenvalue weighted by molar-refractivity contribution is 0.304. The summed E-state index contributed by atoms with van der Waals surface area (Å²) in [5.74, 6) is 0. The van der Waals surface area contributed by atoms with Crippen LogP contribution >= 0.6 is 0 Å². The molecule has 2 N–H and O–H groups in total. The van der Waals surface area contributed by atoms with Crippen LogP contribution in [-0.4, -0.2) is 22.6 Å². The molecule has 1 aromatic rings. The van der Waals surface area contributed by atoms with Crippen LogP contribution < -0.4 is 0 Å². The quantitative estimate of drug-likeness (QED) is 0.153. The molecular weight excluding hydrogens is 322 g/mol. The Bertz CT molecular complexity index is 485. The fraction of sp³-hybridized carbons (Fsp3) is 0.696. The average Bonchev–Trinajstić information content (AvgIpc) is 2.67. The number of oxime groups is 1. The summed E-state index contributed by atoms with van der Waals surface area (Å²) >= 11 is 0. The number of nitrogens with zero attached hydrogens (tertiary/aromatic N) is 1. The Labute approximate surface area is 160 Å². The first-order valence-electron chi connectivity index (χ1n) is 10.7. The van der Waals surface area contributed by atoms with E-state index in [-0.39, 0.29) is 6.61 Å². The third-order valence-electron chi connectivity index (χ3n) is 5.10. The van der Waals surface area contributed by atoms with E-state index < -0.39 is 0 Å². The molecule has 3 heteroatoms. The lowest BCUT2D eigenvalue weighted by Gasteiger charge is -2.06. The van der Waals surface area contributed by atoms with Gasteiger partial charge in [-0.3, -0.25) is 0 Å². The van der Waals surface area contributed by atoms with Gasteiger partial charge in [-0.05, 0) is 24.5 Å². The molecule has 0 saturated heterocycles. The van der Waals surface area contributed by atoms with Crippen LogP contribution in [0.15, 0.2) is 29.4 Å². The fourth-order valence-corrected chi connectivity index (χ4v) is 3.43. The molecule has 1 aromatic carbocycles. The van der Waals surface area contributed by atoms with Crippen LogP contribution in [0.5, 0.6) is 0 Å². The number of benzene rings is 1. The van der Waals surface area contributed by atoms with Gasteiger partial charge in [0.05, 0.1) is 6.61 Å². The van der Waals surface area contributed by atoms with Crippen LogP contribution in [0.25, 0.3) is 0 Å². The smallest absolute Gasteiger partial charge is 0.112 e. The molecule has 0 spiro atoms. The number of rotatable bonds is 16. The topological polar surface area (TPSA) is 52.8 Å². The molecule has 1 rings (SSSR count). The number of aliphatic hydroxyl groups excluding tert-OH is 1. The first-order valence-corrected chi connectivity index (χ1v) is 10.7. The normalized spacial score (nSPS) is 11.8. The number of unbranched alkanes of at least 4 members (excludes halogenated alkanes) is 12. The summed E-state index contributed by atoms with van der Waals surface area (Å²) < 4.78 is 0. The molecule has 0 aliphatic rings. The molecule has 148 valence electrons. The molecule has 0 aliphatic carbocycles. The van der Waals surface area contributed by atoms with Gasteiger partial charge in [0.2, 0.25) is 0 Å². The van der Waals surface area contributed by atoms with Crippen LogP contribution in [0.4, 0.5) is 0 Å². The maximum atomic E-state index is 9.18. The summed E-state index contributed by atoms with van der Waals surface area (Å²) in [6.45, 7) is 2.04. The van der Waals surface area contributed by atoms with E-state index in [1.54, 1.807) is 0 Å². The van der Waals surface area contributed by atoms with Gasteiger partial charge in [0.1, 0.15) is 5.71 Å². The Hall–Kier alpha value is -1.35. The van der Waals surface area contributed by atoms with E-state index in [2.05, 4.69) is 18.1 Å². The zero-order valence-electron chi connectivity index (χ0n) is 16.8. The molecule has 0 saturated carbocycles. The van der Waals surface area contributed by atoms with Crippen molar-refractivity contribution in [2.45, 2.75) is 96.8 Å². The summed E-state index contributed by atoms with van der Waals surface area (Å²) in [6.07, 6.45) is 18.9. The largest absolute Gasteiger partial charge is 0.411 e. The van der Waals surface area contributed by atoms with Crippen molar-refractivity contribution in [3.05, 3.63) is 35.4 Å². The first-order chi connectivity index (χ1) is 12.8. The summed E-state index contributed by atoms with van der Waals surface area (Å²) in [4.78, 5) is 0. The zero-order valence-corrected chi connectivity index (χ0v) is 16.8. The average molecular weight is 362 g/mol. The third-order valence-corrected chi connectivity index (χ3v) is 5.10. The minimum absolute atomic E-state index is 0.237. The summed E-state index contributed by atoms with van der Waals surface area (Å²) in [5, 5.41) is 21.2. The lowest BCUT2D eigenvalue weighted by atomic mass is 10.0. The fourth-order valence-electron chi connectivity index (χ4n) is 3.43. The highest BCUT2D eigenvalue weighted by Gasteiger charge is 2.04. The van der Waals surface area contributed by atoms with Gasteiger partial charge >= 0.3 is 0 Å². The Morgan fingerprint density at radius 3 is 1.85 bits per heavy atom. The highest BCUT2D eigenvalue weighted by molar-refractivity contribution is 6.01. The van der Waals surface area contributed by atoms with E-state index in [9.17, 15) is 5.11 Å². The Morgan fingerprint density at radius 1 is 0.808 bits per heavy atom. The Kier molecular flexibility index (Phi) is 13.8. The molecule has 0 aromatic heterocycles. The Morgan fingerprint density at radius 2 is 1.35 bits per heavy atom. The Balaban J connectivity index is 2.00. The minimum Gasteiger partial charge on any atom is -0.411 e. The SMILES string of the molecule is CCCCCCCCCCCCCCCc1cccc(C(CO)=NO)c1. The molecule has 0 radical (unpaired) electrons. The monoisotopic (exact) mass is 361 g/mol. The molecule has 0 amide bonds. The molecule has 0 fully saturated rings. The van der Waals surface area contributed by atoms with Gasteiger partial charge in [-0.1, -0.05) is 107 Å². The molecule has 3 nitrogen and oxygen atoms in total. The van der Waals surface area contributed by atoms with E-state index in [1.807, 2.05) is 18.2 Å². The minimum atomic E-state index is -0.237. The molecular formula is C23H39NO2. The second kappa shape index (κ2) is 15.9. The molecule has 0 heterocycles. The van der Waals surface area contributed by atoms with Crippen molar-refractivity contribution in [1.82, 2.24) is 0 Å². The maximum absolute atomic E-state index is 9.18. The van der Waals surface area contributed by atoms with Gasteiger partial charge in [0, 0.05) is 5.56 Å².